The lowest BCUT2D eigenvalue weighted by molar-refractivity contribution is 0.412. The maximum absolute atomic E-state index is 5.88. The van der Waals surface area contributed by atoms with Crippen molar-refractivity contribution in [2.45, 2.75) is 25.8 Å². The molecule has 0 saturated carbocycles. The molecular weight excluding hydrogens is 242 g/mol. The lowest BCUT2D eigenvalue weighted by Crippen LogP contribution is -2.21. The van der Waals surface area contributed by atoms with E-state index in [9.17, 15) is 0 Å². The summed E-state index contributed by atoms with van der Waals surface area (Å²) in [4.78, 5) is 0. The molecule has 1 aromatic rings. The Morgan fingerprint density at radius 3 is 2.71 bits per heavy atom. The Balaban J connectivity index is 2.76. The van der Waals surface area contributed by atoms with E-state index < -0.39 is 0 Å². The number of halogens is 1. The minimum Gasteiger partial charge on any atom is -0.496 e. The van der Waals surface area contributed by atoms with Gasteiger partial charge < -0.3 is 10.5 Å². The second-order valence-corrected chi connectivity index (χ2v) is 4.20. The zero-order valence-corrected chi connectivity index (χ0v) is 10.2. The van der Waals surface area contributed by atoms with Crippen molar-refractivity contribution < 1.29 is 4.74 Å². The molecule has 0 spiro atoms. The molecular formula is C11H16BrNO. The van der Waals surface area contributed by atoms with Crippen LogP contribution < -0.4 is 10.5 Å². The maximum Gasteiger partial charge on any atom is 0.133 e. The molecule has 14 heavy (non-hydrogen) atoms. The summed E-state index contributed by atoms with van der Waals surface area (Å²) in [6.07, 6.45) is 1.92. The van der Waals surface area contributed by atoms with Gasteiger partial charge in [0.1, 0.15) is 5.75 Å². The highest BCUT2D eigenvalue weighted by Crippen LogP contribution is 2.25. The average Bonchev–Trinajstić information content (AvgIpc) is 2.18. The first kappa shape index (κ1) is 11.5. The summed E-state index contributed by atoms with van der Waals surface area (Å²) in [6, 6.07) is 6.32. The summed E-state index contributed by atoms with van der Waals surface area (Å²) in [5, 5.41) is 0. The molecule has 0 saturated heterocycles. The molecule has 1 aromatic carbocycles. The van der Waals surface area contributed by atoms with Gasteiger partial charge in [0.15, 0.2) is 0 Å². The van der Waals surface area contributed by atoms with Gasteiger partial charge in [0, 0.05) is 6.04 Å². The number of hydrogen-bond donors (Lipinski definition) is 1. The van der Waals surface area contributed by atoms with E-state index in [1.54, 1.807) is 7.11 Å². The molecule has 0 aliphatic carbocycles. The summed E-state index contributed by atoms with van der Waals surface area (Å²) in [5.41, 5.74) is 7.12. The van der Waals surface area contributed by atoms with Crippen LogP contribution in [0.3, 0.4) is 0 Å². The maximum atomic E-state index is 5.88. The fourth-order valence-corrected chi connectivity index (χ4v) is 1.87. The Kier molecular flexibility index (Phi) is 4.42. The Labute approximate surface area is 93.6 Å². The van der Waals surface area contributed by atoms with Crippen molar-refractivity contribution in [1.29, 1.82) is 0 Å². The fourth-order valence-electron chi connectivity index (χ4n) is 1.28. The van der Waals surface area contributed by atoms with E-state index in [-0.39, 0.29) is 6.04 Å². The van der Waals surface area contributed by atoms with E-state index in [0.29, 0.717) is 0 Å². The molecule has 0 unspecified atom stereocenters. The Morgan fingerprint density at radius 1 is 1.50 bits per heavy atom. The second-order valence-electron chi connectivity index (χ2n) is 3.34. The van der Waals surface area contributed by atoms with Gasteiger partial charge in [-0.2, -0.15) is 0 Å². The molecule has 0 amide bonds. The Morgan fingerprint density at radius 2 is 2.21 bits per heavy atom. The third-order valence-corrected chi connectivity index (χ3v) is 2.86. The third kappa shape index (κ3) is 3.00. The molecule has 78 valence electrons. The van der Waals surface area contributed by atoms with Gasteiger partial charge in [-0.05, 0) is 46.5 Å². The van der Waals surface area contributed by atoms with Crippen LogP contribution in [0.2, 0.25) is 0 Å². The van der Waals surface area contributed by atoms with Crippen LogP contribution in [-0.4, -0.2) is 13.2 Å². The minimum atomic E-state index is 0.246. The van der Waals surface area contributed by atoms with Gasteiger partial charge in [-0.1, -0.05) is 13.0 Å². The van der Waals surface area contributed by atoms with E-state index in [1.807, 2.05) is 6.07 Å². The molecule has 1 atom stereocenters. The SMILES string of the molecule is CC[C@H](N)Cc1ccc(OC)c(Br)c1. The quantitative estimate of drug-likeness (QED) is 0.901. The molecule has 0 heterocycles. The van der Waals surface area contributed by atoms with E-state index >= 15 is 0 Å². The van der Waals surface area contributed by atoms with Crippen LogP contribution in [0, 0.1) is 0 Å². The van der Waals surface area contributed by atoms with Crippen LogP contribution in [0.1, 0.15) is 18.9 Å². The molecule has 0 aromatic heterocycles. The monoisotopic (exact) mass is 257 g/mol. The van der Waals surface area contributed by atoms with Crippen LogP contribution >= 0.6 is 15.9 Å². The predicted octanol–water partition coefficient (Wildman–Crippen LogP) is 2.74. The number of nitrogens with two attached hydrogens (primary N) is 1. The molecule has 0 aliphatic rings. The molecule has 1 rings (SSSR count). The van der Waals surface area contributed by atoms with Gasteiger partial charge in [-0.25, -0.2) is 0 Å². The minimum absolute atomic E-state index is 0.246. The number of ether oxygens (including phenoxy) is 1. The van der Waals surface area contributed by atoms with Crippen molar-refractivity contribution in [2.24, 2.45) is 5.73 Å². The summed E-state index contributed by atoms with van der Waals surface area (Å²) in [7, 11) is 1.66. The molecule has 0 aliphatic heterocycles. The molecule has 2 N–H and O–H groups in total. The number of methoxy groups -OCH3 is 1. The largest absolute Gasteiger partial charge is 0.496 e. The fraction of sp³-hybridized carbons (Fsp3) is 0.455. The number of hydrogen-bond acceptors (Lipinski definition) is 2. The first-order chi connectivity index (χ1) is 6.67. The second kappa shape index (κ2) is 5.37. The zero-order chi connectivity index (χ0) is 10.6. The van der Waals surface area contributed by atoms with Crippen molar-refractivity contribution in [1.82, 2.24) is 0 Å². The molecule has 0 radical (unpaired) electrons. The van der Waals surface area contributed by atoms with Crippen molar-refractivity contribution in [3.8, 4) is 5.75 Å². The van der Waals surface area contributed by atoms with Crippen molar-refractivity contribution in [3.63, 3.8) is 0 Å². The zero-order valence-electron chi connectivity index (χ0n) is 8.59. The first-order valence-electron chi connectivity index (χ1n) is 4.75. The van der Waals surface area contributed by atoms with E-state index in [0.717, 1.165) is 23.1 Å². The lowest BCUT2D eigenvalue weighted by atomic mass is 10.0. The standard InChI is InChI=1S/C11H16BrNO/c1-3-9(13)6-8-4-5-11(14-2)10(12)7-8/h4-5,7,9H,3,6,13H2,1-2H3/t9-/m0/s1. The topological polar surface area (TPSA) is 35.2 Å². The smallest absolute Gasteiger partial charge is 0.133 e. The third-order valence-electron chi connectivity index (χ3n) is 2.24. The molecule has 0 bridgehead atoms. The summed E-state index contributed by atoms with van der Waals surface area (Å²) in [6.45, 7) is 2.10. The molecule has 2 nitrogen and oxygen atoms in total. The van der Waals surface area contributed by atoms with Crippen LogP contribution in [-0.2, 0) is 6.42 Å². The highest BCUT2D eigenvalue weighted by molar-refractivity contribution is 9.10. The average molecular weight is 258 g/mol. The predicted molar refractivity (Wildman–Crippen MR) is 62.7 cm³/mol. The van der Waals surface area contributed by atoms with Crippen molar-refractivity contribution >= 4 is 15.9 Å². The van der Waals surface area contributed by atoms with Gasteiger partial charge in [-0.3, -0.25) is 0 Å². The van der Waals surface area contributed by atoms with Gasteiger partial charge in [-0.15, -0.1) is 0 Å². The van der Waals surface area contributed by atoms with Gasteiger partial charge in [0.05, 0.1) is 11.6 Å². The van der Waals surface area contributed by atoms with Crippen LogP contribution in [0.25, 0.3) is 0 Å². The van der Waals surface area contributed by atoms with Crippen molar-refractivity contribution in [3.05, 3.63) is 28.2 Å². The van der Waals surface area contributed by atoms with Crippen molar-refractivity contribution in [2.75, 3.05) is 7.11 Å². The molecule has 3 heteroatoms. The Bertz CT molecular complexity index is 301. The normalized spacial score (nSPS) is 12.6. The molecule has 0 fully saturated rings. The Hall–Kier alpha value is -0.540. The van der Waals surface area contributed by atoms with Crippen LogP contribution in [0.15, 0.2) is 22.7 Å². The highest BCUT2D eigenvalue weighted by atomic mass is 79.9. The van der Waals surface area contributed by atoms with E-state index in [2.05, 4.69) is 35.0 Å². The van der Waals surface area contributed by atoms with Gasteiger partial charge in [0.25, 0.3) is 0 Å². The highest BCUT2D eigenvalue weighted by Gasteiger charge is 2.04. The number of rotatable bonds is 4. The van der Waals surface area contributed by atoms with E-state index in [4.69, 9.17) is 10.5 Å². The first-order valence-corrected chi connectivity index (χ1v) is 5.54. The summed E-state index contributed by atoms with van der Waals surface area (Å²) >= 11 is 3.45. The summed E-state index contributed by atoms with van der Waals surface area (Å²) < 4.78 is 6.14. The number of benzene rings is 1. The summed E-state index contributed by atoms with van der Waals surface area (Å²) in [5.74, 6) is 0.860. The lowest BCUT2D eigenvalue weighted by Gasteiger charge is -2.10. The van der Waals surface area contributed by atoms with E-state index in [1.165, 1.54) is 5.56 Å². The van der Waals surface area contributed by atoms with Crippen LogP contribution in [0.5, 0.6) is 5.75 Å². The van der Waals surface area contributed by atoms with Gasteiger partial charge >= 0.3 is 0 Å². The van der Waals surface area contributed by atoms with Gasteiger partial charge in [0.2, 0.25) is 0 Å². The van der Waals surface area contributed by atoms with Crippen LogP contribution in [0.4, 0.5) is 0 Å².